The summed E-state index contributed by atoms with van der Waals surface area (Å²) < 4.78 is 16.6. The number of halogens is 1. The van der Waals surface area contributed by atoms with Crippen LogP contribution in [0.2, 0.25) is 0 Å². The summed E-state index contributed by atoms with van der Waals surface area (Å²) in [4.78, 5) is 4.31. The fourth-order valence-electron chi connectivity index (χ4n) is 2.96. The van der Waals surface area contributed by atoms with Crippen molar-refractivity contribution in [2.75, 3.05) is 0 Å². The van der Waals surface area contributed by atoms with Gasteiger partial charge in [-0.25, -0.2) is 4.39 Å². The molecule has 1 aromatic carbocycles. The van der Waals surface area contributed by atoms with Crippen molar-refractivity contribution in [2.24, 2.45) is 14.1 Å². The highest BCUT2D eigenvalue weighted by molar-refractivity contribution is 6.01. The minimum absolute atomic E-state index is 0.155. The lowest BCUT2D eigenvalue weighted by atomic mass is 10.00. The van der Waals surface area contributed by atoms with E-state index in [0.29, 0.717) is 10.9 Å². The van der Waals surface area contributed by atoms with Crippen molar-refractivity contribution in [3.05, 3.63) is 54.7 Å². The minimum Gasteiger partial charge on any atom is -0.494 e. The van der Waals surface area contributed by atoms with Crippen LogP contribution >= 0.6 is 0 Å². The van der Waals surface area contributed by atoms with Gasteiger partial charge in [0.1, 0.15) is 11.5 Å². The molecule has 5 nitrogen and oxygen atoms in total. The van der Waals surface area contributed by atoms with Gasteiger partial charge >= 0.3 is 0 Å². The fraction of sp³-hybridized carbons (Fsp3) is 0.111. The topological polar surface area (TPSA) is 55.9 Å². The Labute approximate surface area is 137 Å². The van der Waals surface area contributed by atoms with Crippen molar-refractivity contribution in [1.29, 1.82) is 0 Å². The molecule has 4 rings (SSSR count). The maximum atomic E-state index is 13.2. The molecule has 3 heterocycles. The summed E-state index contributed by atoms with van der Waals surface area (Å²) in [6.07, 6.45) is 5.38. The summed E-state index contributed by atoms with van der Waals surface area (Å²) in [6, 6.07) is 8.08. The number of aryl methyl sites for hydroxylation is 2. The molecule has 0 aliphatic rings. The molecular weight excluding hydrogens is 307 g/mol. The molecule has 0 saturated carbocycles. The molecular formula is C18H15FN4O. The predicted octanol–water partition coefficient (Wildman–Crippen LogP) is 3.49. The average Bonchev–Trinajstić information content (AvgIpc) is 3.09. The number of aromatic nitrogens is 4. The van der Waals surface area contributed by atoms with Gasteiger partial charge in [0.05, 0.1) is 10.9 Å². The van der Waals surface area contributed by atoms with E-state index in [2.05, 4.69) is 10.1 Å². The number of aromatic hydroxyl groups is 1. The van der Waals surface area contributed by atoms with Crippen molar-refractivity contribution in [1.82, 2.24) is 19.3 Å². The molecule has 0 bridgehead atoms. The molecule has 0 aliphatic carbocycles. The van der Waals surface area contributed by atoms with Crippen LogP contribution in [0.3, 0.4) is 0 Å². The van der Waals surface area contributed by atoms with Crippen molar-refractivity contribution in [3.8, 4) is 28.3 Å². The van der Waals surface area contributed by atoms with E-state index >= 15 is 0 Å². The molecule has 0 atom stereocenters. The van der Waals surface area contributed by atoms with Gasteiger partial charge in [-0.1, -0.05) is 0 Å². The molecule has 24 heavy (non-hydrogen) atoms. The number of pyridine rings is 1. The van der Waals surface area contributed by atoms with Gasteiger partial charge in [0, 0.05) is 49.4 Å². The molecule has 4 aromatic rings. The lowest BCUT2D eigenvalue weighted by molar-refractivity contribution is 0.438. The Bertz CT molecular complexity index is 1050. The van der Waals surface area contributed by atoms with Gasteiger partial charge in [-0.2, -0.15) is 5.10 Å². The van der Waals surface area contributed by atoms with E-state index in [9.17, 15) is 9.50 Å². The Hall–Kier alpha value is -3.15. The molecule has 0 radical (unpaired) electrons. The minimum atomic E-state index is -0.289. The Kier molecular flexibility index (Phi) is 3.13. The van der Waals surface area contributed by atoms with Crippen LogP contribution in [-0.4, -0.2) is 24.4 Å². The van der Waals surface area contributed by atoms with Crippen LogP contribution in [-0.2, 0) is 14.1 Å². The molecule has 1 N–H and O–H groups in total. The third kappa shape index (κ3) is 2.15. The maximum absolute atomic E-state index is 13.2. The van der Waals surface area contributed by atoms with E-state index in [0.717, 1.165) is 22.4 Å². The summed E-state index contributed by atoms with van der Waals surface area (Å²) in [5.74, 6) is -0.134. The zero-order valence-electron chi connectivity index (χ0n) is 13.2. The van der Waals surface area contributed by atoms with E-state index in [1.54, 1.807) is 40.8 Å². The zero-order valence-corrected chi connectivity index (χ0v) is 13.2. The highest BCUT2D eigenvalue weighted by atomic mass is 19.1. The van der Waals surface area contributed by atoms with Crippen LogP contribution in [0.25, 0.3) is 33.3 Å². The van der Waals surface area contributed by atoms with E-state index in [-0.39, 0.29) is 11.7 Å². The van der Waals surface area contributed by atoms with Crippen molar-refractivity contribution in [2.45, 2.75) is 0 Å². The van der Waals surface area contributed by atoms with Crippen molar-refractivity contribution < 1.29 is 9.50 Å². The first-order valence-electron chi connectivity index (χ1n) is 7.47. The number of rotatable bonds is 2. The smallest absolute Gasteiger partial charge is 0.201 e. The number of hydrogen-bond acceptors (Lipinski definition) is 3. The standard InChI is InChI=1S/C18H15FN4O/c1-22-10-15-16(18(22)24)13(7-8-20-15)14-9-23(2)21-17(14)11-3-5-12(19)6-4-11/h3-10,24H,1-2H3. The van der Waals surface area contributed by atoms with E-state index in [4.69, 9.17) is 0 Å². The van der Waals surface area contributed by atoms with Crippen LogP contribution in [0.5, 0.6) is 5.88 Å². The summed E-state index contributed by atoms with van der Waals surface area (Å²) in [7, 11) is 3.60. The second-order valence-corrected chi connectivity index (χ2v) is 5.75. The van der Waals surface area contributed by atoms with Crippen molar-refractivity contribution in [3.63, 3.8) is 0 Å². The van der Waals surface area contributed by atoms with E-state index < -0.39 is 0 Å². The Balaban J connectivity index is 2.00. The van der Waals surface area contributed by atoms with Crippen LogP contribution in [0, 0.1) is 5.82 Å². The highest BCUT2D eigenvalue weighted by Gasteiger charge is 2.18. The quantitative estimate of drug-likeness (QED) is 0.615. The summed E-state index contributed by atoms with van der Waals surface area (Å²) in [6.45, 7) is 0. The summed E-state index contributed by atoms with van der Waals surface area (Å²) >= 11 is 0. The van der Waals surface area contributed by atoms with Crippen LogP contribution in [0.15, 0.2) is 48.9 Å². The number of benzene rings is 1. The molecule has 0 fully saturated rings. The van der Waals surface area contributed by atoms with Gasteiger partial charge in [0.25, 0.3) is 0 Å². The van der Waals surface area contributed by atoms with Crippen molar-refractivity contribution >= 4 is 10.9 Å². The SMILES string of the molecule is Cn1cc(-c2ccnc3cn(C)c(O)c23)c(-c2ccc(F)cc2)n1. The fourth-order valence-corrected chi connectivity index (χ4v) is 2.96. The molecule has 0 unspecified atom stereocenters. The molecule has 6 heteroatoms. The Morgan fingerprint density at radius 2 is 1.75 bits per heavy atom. The molecule has 0 saturated heterocycles. The summed E-state index contributed by atoms with van der Waals surface area (Å²) in [5.41, 5.74) is 3.95. The third-order valence-corrected chi connectivity index (χ3v) is 4.09. The van der Waals surface area contributed by atoms with Gasteiger partial charge in [-0.05, 0) is 30.3 Å². The van der Waals surface area contributed by atoms with Gasteiger partial charge in [-0.3, -0.25) is 9.67 Å². The second-order valence-electron chi connectivity index (χ2n) is 5.75. The normalized spacial score (nSPS) is 11.3. The molecule has 120 valence electrons. The first-order valence-corrected chi connectivity index (χ1v) is 7.47. The van der Waals surface area contributed by atoms with Gasteiger partial charge in [0.2, 0.25) is 5.88 Å². The first kappa shape index (κ1) is 14.4. The largest absolute Gasteiger partial charge is 0.494 e. The molecule has 0 amide bonds. The third-order valence-electron chi connectivity index (χ3n) is 4.09. The highest BCUT2D eigenvalue weighted by Crippen LogP contribution is 2.38. The monoisotopic (exact) mass is 322 g/mol. The number of nitrogens with zero attached hydrogens (tertiary/aromatic N) is 4. The number of hydrogen-bond donors (Lipinski definition) is 1. The maximum Gasteiger partial charge on any atom is 0.201 e. The van der Waals surface area contributed by atoms with Gasteiger partial charge in [0.15, 0.2) is 0 Å². The molecule has 0 aliphatic heterocycles. The van der Waals surface area contributed by atoms with E-state index in [1.807, 2.05) is 19.3 Å². The molecule has 3 aromatic heterocycles. The lowest BCUT2D eigenvalue weighted by Crippen LogP contribution is -1.88. The Morgan fingerprint density at radius 1 is 1.00 bits per heavy atom. The zero-order chi connectivity index (χ0) is 16.8. The molecule has 0 spiro atoms. The lowest BCUT2D eigenvalue weighted by Gasteiger charge is -2.05. The van der Waals surface area contributed by atoms with Crippen LogP contribution in [0.1, 0.15) is 0 Å². The summed E-state index contributed by atoms with van der Waals surface area (Å²) in [5, 5.41) is 15.6. The first-order chi connectivity index (χ1) is 11.5. The average molecular weight is 322 g/mol. The second kappa shape index (κ2) is 5.19. The number of fused-ring (bicyclic) bond motifs is 1. The van der Waals surface area contributed by atoms with E-state index in [1.165, 1.54) is 12.1 Å². The predicted molar refractivity (Wildman–Crippen MR) is 90.0 cm³/mol. The van der Waals surface area contributed by atoms with Gasteiger partial charge < -0.3 is 9.67 Å². The Morgan fingerprint density at radius 3 is 2.50 bits per heavy atom. The van der Waals surface area contributed by atoms with Gasteiger partial charge in [-0.15, -0.1) is 0 Å². The van der Waals surface area contributed by atoms with Crippen LogP contribution in [0.4, 0.5) is 4.39 Å². The van der Waals surface area contributed by atoms with Crippen LogP contribution < -0.4 is 0 Å².